The molecule has 3 nitrogen and oxygen atoms in total. The third kappa shape index (κ3) is 3.42. The zero-order chi connectivity index (χ0) is 13.1. The molecule has 3 rings (SSSR count). The van der Waals surface area contributed by atoms with Gasteiger partial charge in [0.2, 0.25) is 6.33 Å². The number of unbranched alkanes of at least 4 members (excludes halogenated alkanes) is 1. The van der Waals surface area contributed by atoms with Crippen LogP contribution in [-0.2, 0) is 13.1 Å². The third-order valence-electron chi connectivity index (χ3n) is 3.33. The molecule has 0 spiro atoms. The van der Waals surface area contributed by atoms with Crippen LogP contribution in [-0.4, -0.2) is 4.57 Å². The zero-order valence-corrected chi connectivity index (χ0v) is 13.8. The first-order valence-corrected chi connectivity index (χ1v) is 6.87. The van der Waals surface area contributed by atoms with E-state index in [1.165, 1.54) is 18.2 Å². The molecule has 0 saturated carbocycles. The van der Waals surface area contributed by atoms with Gasteiger partial charge in [-0.15, -0.1) is 0 Å². The van der Waals surface area contributed by atoms with E-state index in [1.54, 1.807) is 0 Å². The van der Waals surface area contributed by atoms with Gasteiger partial charge in [-0.05, 0) is 18.6 Å². The molecular formula is C16H19IN2O. The fourth-order valence-electron chi connectivity index (χ4n) is 2.30. The average molecular weight is 382 g/mol. The van der Waals surface area contributed by atoms with Gasteiger partial charge in [-0.1, -0.05) is 31.5 Å². The molecule has 0 saturated heterocycles. The van der Waals surface area contributed by atoms with Crippen LogP contribution in [0.2, 0.25) is 0 Å². The Bertz CT molecular complexity index is 639. The summed E-state index contributed by atoms with van der Waals surface area (Å²) in [6, 6.07) is 10.3. The molecule has 0 amide bonds. The zero-order valence-electron chi connectivity index (χ0n) is 11.6. The Balaban J connectivity index is 0.00000147. The second-order valence-corrected chi connectivity index (χ2v) is 4.93. The van der Waals surface area contributed by atoms with E-state index in [2.05, 4.69) is 46.9 Å². The molecule has 0 aliphatic heterocycles. The minimum atomic E-state index is 0. The van der Waals surface area contributed by atoms with Crippen LogP contribution in [0.1, 0.15) is 25.5 Å². The number of imidazole rings is 1. The summed E-state index contributed by atoms with van der Waals surface area (Å²) in [4.78, 5) is 0. The first-order chi connectivity index (χ1) is 9.35. The SMILES string of the molecule is CCCCn1cc[n+](Cc2cc3ccccc3o2)c1.[I-]. The van der Waals surface area contributed by atoms with Crippen molar-refractivity contribution in [3.05, 3.63) is 54.8 Å². The number of hydrogen-bond acceptors (Lipinski definition) is 1. The van der Waals surface area contributed by atoms with E-state index >= 15 is 0 Å². The largest absolute Gasteiger partial charge is 1.00 e. The molecule has 0 aliphatic carbocycles. The highest BCUT2D eigenvalue weighted by atomic mass is 127. The predicted molar refractivity (Wildman–Crippen MR) is 74.9 cm³/mol. The number of halogens is 1. The molecule has 0 aliphatic rings. The molecule has 20 heavy (non-hydrogen) atoms. The molecule has 0 unspecified atom stereocenters. The molecule has 0 radical (unpaired) electrons. The molecular weight excluding hydrogens is 363 g/mol. The molecule has 1 aromatic carbocycles. The Kier molecular flexibility index (Phi) is 5.23. The molecule has 2 aromatic heterocycles. The predicted octanol–water partition coefficient (Wildman–Crippen LogP) is 0.374. The minimum Gasteiger partial charge on any atom is -1.00 e. The smallest absolute Gasteiger partial charge is 0.244 e. The maximum absolute atomic E-state index is 5.83. The van der Waals surface area contributed by atoms with Crippen LogP contribution >= 0.6 is 0 Å². The van der Waals surface area contributed by atoms with E-state index < -0.39 is 0 Å². The molecule has 4 heteroatoms. The standard InChI is InChI=1S/C16H19N2O.HI/c1-2-3-8-17-9-10-18(13-17)12-15-11-14-6-4-5-7-16(14)19-15;/h4-7,9-11,13H,2-3,8,12H2,1H3;1H/q+1;/p-1. The summed E-state index contributed by atoms with van der Waals surface area (Å²) in [5.74, 6) is 0.999. The summed E-state index contributed by atoms with van der Waals surface area (Å²) in [6.07, 6.45) is 8.81. The van der Waals surface area contributed by atoms with Gasteiger partial charge in [0.05, 0.1) is 6.54 Å². The highest BCUT2D eigenvalue weighted by Crippen LogP contribution is 2.18. The first-order valence-electron chi connectivity index (χ1n) is 6.87. The van der Waals surface area contributed by atoms with Crippen molar-refractivity contribution >= 4 is 11.0 Å². The van der Waals surface area contributed by atoms with Crippen molar-refractivity contribution in [2.24, 2.45) is 0 Å². The highest BCUT2D eigenvalue weighted by molar-refractivity contribution is 5.77. The van der Waals surface area contributed by atoms with Crippen molar-refractivity contribution in [1.82, 2.24) is 4.57 Å². The Hall–Kier alpha value is -1.30. The van der Waals surface area contributed by atoms with Gasteiger partial charge in [0, 0.05) is 5.39 Å². The van der Waals surface area contributed by atoms with E-state index in [-0.39, 0.29) is 24.0 Å². The third-order valence-corrected chi connectivity index (χ3v) is 3.33. The minimum absolute atomic E-state index is 0. The monoisotopic (exact) mass is 382 g/mol. The summed E-state index contributed by atoms with van der Waals surface area (Å²) in [5.41, 5.74) is 0.962. The Morgan fingerprint density at radius 2 is 2.10 bits per heavy atom. The summed E-state index contributed by atoms with van der Waals surface area (Å²) in [5, 5.41) is 1.17. The van der Waals surface area contributed by atoms with Gasteiger partial charge in [-0.2, -0.15) is 0 Å². The maximum atomic E-state index is 5.83. The van der Waals surface area contributed by atoms with Crippen molar-refractivity contribution in [3.63, 3.8) is 0 Å². The number of furan rings is 1. The van der Waals surface area contributed by atoms with Crippen LogP contribution in [0.4, 0.5) is 0 Å². The number of fused-ring (bicyclic) bond motifs is 1. The van der Waals surface area contributed by atoms with E-state index in [0.717, 1.165) is 24.4 Å². The number of benzene rings is 1. The number of aryl methyl sites for hydroxylation is 1. The van der Waals surface area contributed by atoms with E-state index in [4.69, 9.17) is 4.42 Å². The van der Waals surface area contributed by atoms with Gasteiger partial charge in [-0.3, -0.25) is 0 Å². The fourth-order valence-corrected chi connectivity index (χ4v) is 2.30. The number of hydrogen-bond donors (Lipinski definition) is 0. The van der Waals surface area contributed by atoms with Crippen LogP contribution in [0, 0.1) is 0 Å². The molecule has 0 atom stereocenters. The Labute approximate surface area is 136 Å². The van der Waals surface area contributed by atoms with Gasteiger partial charge in [0.15, 0.2) is 0 Å². The molecule has 3 aromatic rings. The topological polar surface area (TPSA) is 21.9 Å². The summed E-state index contributed by atoms with van der Waals surface area (Å²) < 4.78 is 10.2. The number of aromatic nitrogens is 2. The quantitative estimate of drug-likeness (QED) is 0.462. The lowest BCUT2D eigenvalue weighted by Gasteiger charge is -1.93. The summed E-state index contributed by atoms with van der Waals surface area (Å²) in [7, 11) is 0. The normalized spacial score (nSPS) is 10.7. The first kappa shape index (κ1) is 15.1. The lowest BCUT2D eigenvalue weighted by atomic mass is 10.2. The van der Waals surface area contributed by atoms with Gasteiger partial charge < -0.3 is 28.4 Å². The highest BCUT2D eigenvalue weighted by Gasteiger charge is 2.08. The summed E-state index contributed by atoms with van der Waals surface area (Å²) >= 11 is 0. The van der Waals surface area contributed by atoms with Crippen LogP contribution < -0.4 is 28.5 Å². The van der Waals surface area contributed by atoms with Crippen molar-refractivity contribution in [3.8, 4) is 0 Å². The molecule has 106 valence electrons. The Morgan fingerprint density at radius 1 is 1.25 bits per heavy atom. The molecule has 2 heterocycles. The lowest BCUT2D eigenvalue weighted by Crippen LogP contribution is -3.00. The van der Waals surface area contributed by atoms with Crippen LogP contribution in [0.15, 0.2) is 53.5 Å². The van der Waals surface area contributed by atoms with Gasteiger partial charge >= 0.3 is 0 Å². The average Bonchev–Trinajstić information content (AvgIpc) is 3.02. The van der Waals surface area contributed by atoms with Crippen LogP contribution in [0.25, 0.3) is 11.0 Å². The van der Waals surface area contributed by atoms with Gasteiger partial charge in [0.1, 0.15) is 30.3 Å². The number of para-hydroxylation sites is 1. The Morgan fingerprint density at radius 3 is 2.90 bits per heavy atom. The van der Waals surface area contributed by atoms with Crippen LogP contribution in [0.5, 0.6) is 0 Å². The molecule has 0 fully saturated rings. The maximum Gasteiger partial charge on any atom is 0.244 e. The van der Waals surface area contributed by atoms with Gasteiger partial charge in [-0.25, -0.2) is 9.13 Å². The lowest BCUT2D eigenvalue weighted by molar-refractivity contribution is -0.689. The van der Waals surface area contributed by atoms with Crippen LogP contribution in [0.3, 0.4) is 0 Å². The van der Waals surface area contributed by atoms with E-state index in [1.807, 2.05) is 18.2 Å². The summed E-state index contributed by atoms with van der Waals surface area (Å²) in [6.45, 7) is 4.09. The van der Waals surface area contributed by atoms with Crippen molar-refractivity contribution < 1.29 is 33.0 Å². The van der Waals surface area contributed by atoms with Crippen molar-refractivity contribution in [2.45, 2.75) is 32.9 Å². The molecule has 0 N–H and O–H groups in total. The number of rotatable bonds is 5. The molecule has 0 bridgehead atoms. The van der Waals surface area contributed by atoms with Crippen molar-refractivity contribution in [2.75, 3.05) is 0 Å². The van der Waals surface area contributed by atoms with Gasteiger partial charge in [0.25, 0.3) is 0 Å². The van der Waals surface area contributed by atoms with E-state index in [9.17, 15) is 0 Å². The van der Waals surface area contributed by atoms with E-state index in [0.29, 0.717) is 0 Å². The number of nitrogens with zero attached hydrogens (tertiary/aromatic N) is 2. The van der Waals surface area contributed by atoms with Crippen molar-refractivity contribution in [1.29, 1.82) is 0 Å². The second kappa shape index (κ2) is 6.92. The fraction of sp³-hybridized carbons (Fsp3) is 0.312. The second-order valence-electron chi connectivity index (χ2n) is 4.93.